The second kappa shape index (κ2) is 11.4. The molecule has 0 bridgehead atoms. The average Bonchev–Trinajstić information content (AvgIpc) is 2.65. The number of carboxylic acids is 3. The van der Waals surface area contributed by atoms with E-state index >= 15 is 0 Å². The van der Waals surface area contributed by atoms with Gasteiger partial charge in [0.1, 0.15) is 24.2 Å². The van der Waals surface area contributed by atoms with Gasteiger partial charge in [-0.15, -0.1) is 0 Å². The number of rotatable bonds is 13. The Labute approximate surface area is 167 Å². The quantitative estimate of drug-likeness (QED) is 0.174. The number of hydrogen-bond acceptors (Lipinski definition) is 7. The number of aromatic nitrogens is 1. The molecular formula is C18H29N4O7+. The Morgan fingerprint density at radius 2 is 1.41 bits per heavy atom. The lowest BCUT2D eigenvalue weighted by Crippen LogP contribution is -2.41. The zero-order valence-electron chi connectivity index (χ0n) is 16.0. The summed E-state index contributed by atoms with van der Waals surface area (Å²) in [5.41, 5.74) is 17.9. The molecule has 0 saturated carbocycles. The molecule has 29 heavy (non-hydrogen) atoms. The summed E-state index contributed by atoms with van der Waals surface area (Å²) in [6, 6.07) is -1.56. The SMILES string of the molecule is NC(CCc1c[n+](CC(O)CCC(N)C(=O)O)ccc1CC(N)C(=O)O)C(=O)O. The number of nitrogens with zero attached hydrogens (tertiary/aromatic N) is 1. The highest BCUT2D eigenvalue weighted by atomic mass is 16.4. The summed E-state index contributed by atoms with van der Waals surface area (Å²) in [5.74, 6) is -3.43. The Kier molecular flexibility index (Phi) is 9.62. The normalized spacial score (nSPS) is 15.3. The molecule has 10 N–H and O–H groups in total. The molecule has 0 saturated heterocycles. The van der Waals surface area contributed by atoms with E-state index in [9.17, 15) is 19.5 Å². The van der Waals surface area contributed by atoms with Crippen LogP contribution >= 0.6 is 0 Å². The van der Waals surface area contributed by atoms with Crippen molar-refractivity contribution < 1.29 is 39.4 Å². The topological polar surface area (TPSA) is 214 Å². The van der Waals surface area contributed by atoms with Crippen molar-refractivity contribution in [2.75, 3.05) is 0 Å². The first-order chi connectivity index (χ1) is 13.5. The molecule has 0 aromatic carbocycles. The lowest BCUT2D eigenvalue weighted by Gasteiger charge is -2.14. The molecule has 0 aliphatic heterocycles. The zero-order valence-corrected chi connectivity index (χ0v) is 16.0. The van der Waals surface area contributed by atoms with Crippen molar-refractivity contribution >= 4 is 17.9 Å². The van der Waals surface area contributed by atoms with Crippen LogP contribution in [0.3, 0.4) is 0 Å². The Bertz CT molecular complexity index is 728. The lowest BCUT2D eigenvalue weighted by atomic mass is 9.97. The van der Waals surface area contributed by atoms with Crippen LogP contribution in [0.2, 0.25) is 0 Å². The number of pyridine rings is 1. The smallest absolute Gasteiger partial charge is 0.320 e. The van der Waals surface area contributed by atoms with Gasteiger partial charge in [0.2, 0.25) is 0 Å². The predicted octanol–water partition coefficient (Wildman–Crippen LogP) is -2.17. The van der Waals surface area contributed by atoms with Crippen LogP contribution < -0.4 is 21.8 Å². The van der Waals surface area contributed by atoms with Crippen molar-refractivity contribution in [3.8, 4) is 0 Å². The standard InChI is InChI=1S/C18H28N4O7/c19-13(16(24)25)3-1-11-8-22(6-5-10(11)7-15(21)18(28)29)9-12(23)2-4-14(20)17(26)27/h5-6,8,12-15,23H,1-4,7,9,19-21H2,(H2-,24,25,26,27,28,29)/p+1. The Morgan fingerprint density at radius 3 is 1.97 bits per heavy atom. The third-order valence-corrected chi connectivity index (χ3v) is 4.55. The Balaban J connectivity index is 2.90. The van der Waals surface area contributed by atoms with Gasteiger partial charge in [-0.25, -0.2) is 4.57 Å². The van der Waals surface area contributed by atoms with Gasteiger partial charge in [-0.1, -0.05) is 0 Å². The van der Waals surface area contributed by atoms with Crippen molar-refractivity contribution in [1.82, 2.24) is 0 Å². The molecule has 0 fully saturated rings. The van der Waals surface area contributed by atoms with Gasteiger partial charge in [-0.05, 0) is 37.7 Å². The number of aliphatic hydroxyl groups excluding tert-OH is 1. The molecular weight excluding hydrogens is 384 g/mol. The van der Waals surface area contributed by atoms with E-state index in [-0.39, 0.29) is 38.6 Å². The average molecular weight is 413 g/mol. The van der Waals surface area contributed by atoms with Crippen molar-refractivity contribution in [2.24, 2.45) is 17.2 Å². The number of carboxylic acid groups (broad SMARTS) is 3. The van der Waals surface area contributed by atoms with Crippen molar-refractivity contribution in [1.29, 1.82) is 0 Å². The van der Waals surface area contributed by atoms with E-state index in [1.807, 2.05) is 0 Å². The zero-order chi connectivity index (χ0) is 22.1. The highest BCUT2D eigenvalue weighted by molar-refractivity contribution is 5.74. The molecule has 1 aromatic heterocycles. The highest BCUT2D eigenvalue weighted by Gasteiger charge is 2.21. The molecule has 11 heteroatoms. The third-order valence-electron chi connectivity index (χ3n) is 4.55. The van der Waals surface area contributed by atoms with Crippen LogP contribution in [0.5, 0.6) is 0 Å². The molecule has 1 aromatic rings. The molecule has 0 amide bonds. The second-order valence-electron chi connectivity index (χ2n) is 7.00. The molecule has 0 aliphatic carbocycles. The minimum Gasteiger partial charge on any atom is -0.480 e. The van der Waals surface area contributed by atoms with Crippen LogP contribution in [0, 0.1) is 0 Å². The van der Waals surface area contributed by atoms with E-state index in [1.165, 1.54) is 0 Å². The minimum absolute atomic E-state index is 0.0594. The second-order valence-corrected chi connectivity index (χ2v) is 7.00. The molecule has 0 aliphatic rings. The van der Waals surface area contributed by atoms with E-state index in [0.29, 0.717) is 11.1 Å². The lowest BCUT2D eigenvalue weighted by molar-refractivity contribution is -0.704. The number of aliphatic carboxylic acids is 3. The van der Waals surface area contributed by atoms with Crippen LogP contribution in [0.1, 0.15) is 30.4 Å². The van der Waals surface area contributed by atoms with Crippen LogP contribution in [0.15, 0.2) is 18.5 Å². The molecule has 0 radical (unpaired) electrons. The summed E-state index contributed by atoms with van der Waals surface area (Å²) >= 11 is 0. The number of carbonyl (C=O) groups is 3. The maximum Gasteiger partial charge on any atom is 0.320 e. The third kappa shape index (κ3) is 8.52. The van der Waals surface area contributed by atoms with Gasteiger partial charge < -0.3 is 37.6 Å². The van der Waals surface area contributed by atoms with Crippen LogP contribution in [-0.2, 0) is 33.8 Å². The monoisotopic (exact) mass is 413 g/mol. The van der Waals surface area contributed by atoms with Crippen molar-refractivity contribution in [3.05, 3.63) is 29.6 Å². The number of aryl methyl sites for hydroxylation is 1. The van der Waals surface area contributed by atoms with E-state index < -0.39 is 42.1 Å². The van der Waals surface area contributed by atoms with Crippen molar-refractivity contribution in [3.63, 3.8) is 0 Å². The Hall–Kier alpha value is -2.60. The summed E-state index contributed by atoms with van der Waals surface area (Å²) in [5, 5.41) is 36.9. The van der Waals surface area contributed by atoms with Gasteiger partial charge >= 0.3 is 17.9 Å². The number of nitrogens with two attached hydrogens (primary N) is 3. The van der Waals surface area contributed by atoms with Gasteiger partial charge in [0, 0.05) is 11.6 Å². The summed E-state index contributed by atoms with van der Waals surface area (Å²) in [6.45, 7) is 0.162. The summed E-state index contributed by atoms with van der Waals surface area (Å²) in [7, 11) is 0. The van der Waals surface area contributed by atoms with Gasteiger partial charge in [-0.2, -0.15) is 0 Å². The maximum absolute atomic E-state index is 11.0. The molecule has 1 heterocycles. The summed E-state index contributed by atoms with van der Waals surface area (Å²) in [6.07, 6.45) is 3.27. The fourth-order valence-corrected chi connectivity index (χ4v) is 2.75. The number of hydrogen-bond donors (Lipinski definition) is 7. The molecule has 11 nitrogen and oxygen atoms in total. The fraction of sp³-hybridized carbons (Fsp3) is 0.556. The first-order valence-corrected chi connectivity index (χ1v) is 9.15. The maximum atomic E-state index is 11.0. The molecule has 0 spiro atoms. The van der Waals surface area contributed by atoms with E-state index in [0.717, 1.165) is 0 Å². The molecule has 4 atom stereocenters. The summed E-state index contributed by atoms with van der Waals surface area (Å²) < 4.78 is 1.66. The fourth-order valence-electron chi connectivity index (χ4n) is 2.75. The minimum atomic E-state index is -1.15. The highest BCUT2D eigenvalue weighted by Crippen LogP contribution is 2.13. The molecule has 1 rings (SSSR count). The van der Waals surface area contributed by atoms with Gasteiger partial charge in [0.25, 0.3) is 0 Å². The van der Waals surface area contributed by atoms with Crippen LogP contribution in [0.4, 0.5) is 0 Å². The first-order valence-electron chi connectivity index (χ1n) is 9.15. The van der Waals surface area contributed by atoms with Crippen LogP contribution in [0.25, 0.3) is 0 Å². The first kappa shape index (κ1) is 24.4. The predicted molar refractivity (Wildman–Crippen MR) is 101 cm³/mol. The largest absolute Gasteiger partial charge is 0.480 e. The van der Waals surface area contributed by atoms with Crippen molar-refractivity contribution in [2.45, 2.75) is 62.9 Å². The Morgan fingerprint density at radius 1 is 0.862 bits per heavy atom. The van der Waals surface area contributed by atoms with E-state index in [1.54, 1.807) is 23.0 Å². The van der Waals surface area contributed by atoms with Gasteiger partial charge in [-0.3, -0.25) is 14.4 Å². The molecule has 162 valence electrons. The number of aliphatic hydroxyl groups is 1. The summed E-state index contributed by atoms with van der Waals surface area (Å²) in [4.78, 5) is 32.7. The van der Waals surface area contributed by atoms with Gasteiger partial charge in [0.15, 0.2) is 18.9 Å². The van der Waals surface area contributed by atoms with E-state index in [2.05, 4.69) is 0 Å². The van der Waals surface area contributed by atoms with Crippen LogP contribution in [-0.4, -0.2) is 62.6 Å². The van der Waals surface area contributed by atoms with Gasteiger partial charge in [0.05, 0.1) is 0 Å². The van der Waals surface area contributed by atoms with E-state index in [4.69, 9.17) is 32.5 Å². The molecule has 4 unspecified atom stereocenters.